The number of thioether (sulfide) groups is 1. The van der Waals surface area contributed by atoms with E-state index in [9.17, 15) is 5.26 Å². The molecule has 0 aliphatic heterocycles. The van der Waals surface area contributed by atoms with Crippen LogP contribution in [0.4, 0.5) is 5.82 Å². The van der Waals surface area contributed by atoms with Gasteiger partial charge in [0.25, 0.3) is 0 Å². The van der Waals surface area contributed by atoms with Gasteiger partial charge in [0.1, 0.15) is 11.9 Å². The third-order valence-electron chi connectivity index (χ3n) is 4.58. The van der Waals surface area contributed by atoms with Crippen LogP contribution in [0.3, 0.4) is 0 Å². The van der Waals surface area contributed by atoms with E-state index in [1.54, 1.807) is 0 Å². The maximum atomic E-state index is 9.43. The van der Waals surface area contributed by atoms with Gasteiger partial charge in [-0.1, -0.05) is 13.3 Å². The summed E-state index contributed by atoms with van der Waals surface area (Å²) in [5.74, 6) is 1.98. The summed E-state index contributed by atoms with van der Waals surface area (Å²) in [5.41, 5.74) is 3.22. The summed E-state index contributed by atoms with van der Waals surface area (Å²) in [6.07, 6.45) is 8.35. The molecule has 0 amide bonds. The van der Waals surface area contributed by atoms with Gasteiger partial charge in [-0.25, -0.2) is 4.98 Å². The molecule has 1 fully saturated rings. The van der Waals surface area contributed by atoms with Crippen molar-refractivity contribution >= 4 is 17.6 Å². The zero-order chi connectivity index (χ0) is 14.7. The number of fused-ring (bicyclic) bond motifs is 1. The van der Waals surface area contributed by atoms with E-state index < -0.39 is 0 Å². The molecule has 0 aromatic carbocycles. The van der Waals surface area contributed by atoms with E-state index in [2.05, 4.69) is 24.4 Å². The smallest absolute Gasteiger partial charge is 0.144 e. The maximum absolute atomic E-state index is 9.43. The number of aryl methyl sites for hydroxylation is 2. The lowest BCUT2D eigenvalue weighted by Gasteiger charge is -2.23. The second-order valence-corrected chi connectivity index (χ2v) is 7.50. The predicted octanol–water partition coefficient (Wildman–Crippen LogP) is 3.92. The molecule has 2 unspecified atom stereocenters. The van der Waals surface area contributed by atoms with Gasteiger partial charge < -0.3 is 5.32 Å². The monoisotopic (exact) mass is 301 g/mol. The highest BCUT2D eigenvalue weighted by Gasteiger charge is 2.28. The highest BCUT2D eigenvalue weighted by molar-refractivity contribution is 7.99. The molecule has 21 heavy (non-hydrogen) atoms. The van der Waals surface area contributed by atoms with Crippen molar-refractivity contribution in [2.45, 2.75) is 63.2 Å². The summed E-state index contributed by atoms with van der Waals surface area (Å²) >= 11 is 2.04. The lowest BCUT2D eigenvalue weighted by Crippen LogP contribution is -2.27. The predicted molar refractivity (Wildman–Crippen MR) is 88.8 cm³/mol. The Balaban J connectivity index is 1.82. The van der Waals surface area contributed by atoms with E-state index in [-0.39, 0.29) is 0 Å². The Labute approximate surface area is 131 Å². The van der Waals surface area contributed by atoms with Gasteiger partial charge in [0.15, 0.2) is 0 Å². The summed E-state index contributed by atoms with van der Waals surface area (Å²) < 4.78 is 0. The summed E-state index contributed by atoms with van der Waals surface area (Å²) in [7, 11) is 0. The van der Waals surface area contributed by atoms with Gasteiger partial charge in [-0.2, -0.15) is 17.0 Å². The molecule has 3 nitrogen and oxygen atoms in total. The number of nitrogens with zero attached hydrogens (tertiary/aromatic N) is 2. The minimum Gasteiger partial charge on any atom is -0.365 e. The molecule has 0 spiro atoms. The van der Waals surface area contributed by atoms with Crippen LogP contribution in [0.2, 0.25) is 0 Å². The highest BCUT2D eigenvalue weighted by Crippen LogP contribution is 2.33. The lowest BCUT2D eigenvalue weighted by molar-refractivity contribution is 0.666. The average Bonchev–Trinajstić information content (AvgIpc) is 2.94. The number of aromatic nitrogens is 1. The third-order valence-corrected chi connectivity index (χ3v) is 5.90. The zero-order valence-electron chi connectivity index (χ0n) is 12.7. The fourth-order valence-electron chi connectivity index (χ4n) is 3.51. The lowest BCUT2D eigenvalue weighted by atomic mass is 9.95. The third kappa shape index (κ3) is 3.18. The van der Waals surface area contributed by atoms with Crippen molar-refractivity contribution < 1.29 is 0 Å². The molecular formula is C17H23N3S. The SMILES string of the molecule is CCSC1CCCC1Nc1nc2c(cc1C#N)CCCC2. The van der Waals surface area contributed by atoms with Crippen molar-refractivity contribution in [3.8, 4) is 6.07 Å². The minimum atomic E-state index is 0.469. The molecule has 1 heterocycles. The van der Waals surface area contributed by atoms with Crippen molar-refractivity contribution in [3.63, 3.8) is 0 Å². The quantitative estimate of drug-likeness (QED) is 0.915. The highest BCUT2D eigenvalue weighted by atomic mass is 32.2. The van der Waals surface area contributed by atoms with Gasteiger partial charge in [0, 0.05) is 17.0 Å². The Morgan fingerprint density at radius 3 is 3.00 bits per heavy atom. The summed E-state index contributed by atoms with van der Waals surface area (Å²) in [4.78, 5) is 4.80. The largest absolute Gasteiger partial charge is 0.365 e. The van der Waals surface area contributed by atoms with Gasteiger partial charge in [0.05, 0.1) is 5.56 Å². The van der Waals surface area contributed by atoms with Gasteiger partial charge in [-0.05, 0) is 55.9 Å². The molecular weight excluding hydrogens is 278 g/mol. The fraction of sp³-hybridized carbons (Fsp3) is 0.647. The Bertz CT molecular complexity index is 550. The molecule has 112 valence electrons. The summed E-state index contributed by atoms with van der Waals surface area (Å²) in [6.45, 7) is 2.22. The first-order chi connectivity index (χ1) is 10.3. The Morgan fingerprint density at radius 2 is 2.19 bits per heavy atom. The van der Waals surface area contributed by atoms with Crippen molar-refractivity contribution in [2.75, 3.05) is 11.1 Å². The van der Waals surface area contributed by atoms with Crippen LogP contribution in [0.5, 0.6) is 0 Å². The second kappa shape index (κ2) is 6.70. The molecule has 0 radical (unpaired) electrons. The van der Waals surface area contributed by atoms with E-state index in [4.69, 9.17) is 4.98 Å². The summed E-state index contributed by atoms with van der Waals surface area (Å²) in [5, 5.41) is 13.7. The first kappa shape index (κ1) is 14.7. The number of hydrogen-bond acceptors (Lipinski definition) is 4. The van der Waals surface area contributed by atoms with Crippen molar-refractivity contribution in [3.05, 3.63) is 22.9 Å². The molecule has 1 aromatic rings. The molecule has 2 aliphatic carbocycles. The van der Waals surface area contributed by atoms with Gasteiger partial charge in [-0.15, -0.1) is 0 Å². The Kier molecular flexibility index (Phi) is 4.70. The van der Waals surface area contributed by atoms with E-state index in [1.165, 1.54) is 43.4 Å². The van der Waals surface area contributed by atoms with Crippen molar-refractivity contribution in [1.29, 1.82) is 5.26 Å². The van der Waals surface area contributed by atoms with Gasteiger partial charge in [-0.3, -0.25) is 0 Å². The van der Waals surface area contributed by atoms with E-state index in [0.29, 0.717) is 11.3 Å². The van der Waals surface area contributed by atoms with Crippen LogP contribution in [0.1, 0.15) is 55.8 Å². The van der Waals surface area contributed by atoms with Crippen LogP contribution >= 0.6 is 11.8 Å². The Hall–Kier alpha value is -1.21. The first-order valence-electron chi connectivity index (χ1n) is 8.13. The number of hydrogen-bond donors (Lipinski definition) is 1. The molecule has 2 atom stereocenters. The summed E-state index contributed by atoms with van der Waals surface area (Å²) in [6, 6.07) is 4.87. The van der Waals surface area contributed by atoms with E-state index in [1.807, 2.05) is 11.8 Å². The number of nitriles is 1. The van der Waals surface area contributed by atoms with Gasteiger partial charge in [0.2, 0.25) is 0 Å². The van der Waals surface area contributed by atoms with Crippen LogP contribution in [0.25, 0.3) is 0 Å². The molecule has 4 heteroatoms. The molecule has 1 aromatic heterocycles. The molecule has 3 rings (SSSR count). The van der Waals surface area contributed by atoms with E-state index >= 15 is 0 Å². The normalized spacial score (nSPS) is 24.4. The van der Waals surface area contributed by atoms with Crippen LogP contribution in [0, 0.1) is 11.3 Å². The van der Waals surface area contributed by atoms with Crippen molar-refractivity contribution in [2.24, 2.45) is 0 Å². The number of pyridine rings is 1. The maximum Gasteiger partial charge on any atom is 0.144 e. The number of anilines is 1. The van der Waals surface area contributed by atoms with Crippen LogP contribution in [-0.2, 0) is 12.8 Å². The topological polar surface area (TPSA) is 48.7 Å². The second-order valence-electron chi connectivity index (χ2n) is 5.98. The van der Waals surface area contributed by atoms with Gasteiger partial charge >= 0.3 is 0 Å². The number of nitrogens with one attached hydrogen (secondary N) is 1. The molecule has 1 saturated carbocycles. The molecule has 0 bridgehead atoms. The van der Waals surface area contributed by atoms with Crippen LogP contribution in [-0.4, -0.2) is 22.0 Å². The standard InChI is InChI=1S/C17H23N3S/c1-2-21-16-9-5-8-15(16)20-17-13(11-18)10-12-6-3-4-7-14(12)19-17/h10,15-16H,2-9H2,1H3,(H,19,20). The Morgan fingerprint density at radius 1 is 1.33 bits per heavy atom. The molecule has 1 N–H and O–H groups in total. The zero-order valence-corrected chi connectivity index (χ0v) is 13.5. The fourth-order valence-corrected chi connectivity index (χ4v) is 4.71. The minimum absolute atomic E-state index is 0.469. The molecule has 2 aliphatic rings. The average molecular weight is 301 g/mol. The number of rotatable bonds is 4. The first-order valence-corrected chi connectivity index (χ1v) is 9.17. The molecule has 0 saturated heterocycles. The van der Waals surface area contributed by atoms with E-state index in [0.717, 1.165) is 30.0 Å². The van der Waals surface area contributed by atoms with Crippen LogP contribution < -0.4 is 5.32 Å². The van der Waals surface area contributed by atoms with Crippen LogP contribution in [0.15, 0.2) is 6.07 Å². The van der Waals surface area contributed by atoms with Crippen molar-refractivity contribution in [1.82, 2.24) is 4.98 Å².